The average molecular weight is 296 g/mol. The Balaban J connectivity index is 1.67. The fraction of sp³-hybridized carbons (Fsp3) is 0.389. The topological polar surface area (TPSA) is 60.4 Å². The lowest BCUT2D eigenvalue weighted by Crippen LogP contribution is -2.30. The fourth-order valence-corrected chi connectivity index (χ4v) is 3.21. The highest BCUT2D eigenvalue weighted by atomic mass is 16.4. The largest absolute Gasteiger partial charge is 0.467 e. The van der Waals surface area contributed by atoms with Crippen molar-refractivity contribution in [2.75, 3.05) is 6.54 Å². The lowest BCUT2D eigenvalue weighted by molar-refractivity contribution is 0.0995. The number of furan rings is 1. The van der Waals surface area contributed by atoms with Crippen molar-refractivity contribution in [1.82, 2.24) is 4.90 Å². The highest BCUT2D eigenvalue weighted by Crippen LogP contribution is 2.29. The number of nitrogens with zero attached hydrogens (tertiary/aromatic N) is 2. The van der Waals surface area contributed by atoms with Crippen LogP contribution in [0.25, 0.3) is 0 Å². The molecule has 1 aliphatic heterocycles. The van der Waals surface area contributed by atoms with Crippen LogP contribution in [0.2, 0.25) is 0 Å². The number of hydrogen-bond acceptors (Lipinski definition) is 4. The van der Waals surface area contributed by atoms with Crippen LogP contribution in [0.15, 0.2) is 47.1 Å². The highest BCUT2D eigenvalue weighted by Gasteiger charge is 2.28. The number of nitriles is 1. The second kappa shape index (κ2) is 6.78. The van der Waals surface area contributed by atoms with Crippen molar-refractivity contribution in [3.63, 3.8) is 0 Å². The molecule has 22 heavy (non-hydrogen) atoms. The van der Waals surface area contributed by atoms with Gasteiger partial charge in [0.15, 0.2) is 0 Å². The second-order valence-electron chi connectivity index (χ2n) is 5.80. The molecule has 0 saturated carbocycles. The Bertz CT molecular complexity index is 645. The molecular formula is C18H20N2O2. The molecule has 0 spiro atoms. The van der Waals surface area contributed by atoms with Crippen molar-refractivity contribution in [1.29, 1.82) is 5.26 Å². The Morgan fingerprint density at radius 2 is 2.18 bits per heavy atom. The van der Waals surface area contributed by atoms with Gasteiger partial charge in [-0.25, -0.2) is 0 Å². The Morgan fingerprint density at radius 1 is 1.32 bits per heavy atom. The molecule has 2 atom stereocenters. The summed E-state index contributed by atoms with van der Waals surface area (Å²) in [4.78, 5) is 2.36. The molecule has 4 heteroatoms. The maximum Gasteiger partial charge on any atom is 0.132 e. The first-order valence-corrected chi connectivity index (χ1v) is 7.71. The lowest BCUT2D eigenvalue weighted by Gasteiger charge is -2.26. The Labute approximate surface area is 130 Å². The summed E-state index contributed by atoms with van der Waals surface area (Å²) in [5, 5.41) is 19.5. The molecule has 1 N–H and O–H groups in total. The number of likely N-dealkylation sites (tertiary alicyclic amines) is 1. The first-order chi connectivity index (χ1) is 10.8. The van der Waals surface area contributed by atoms with Crippen LogP contribution in [-0.2, 0) is 6.54 Å². The first-order valence-electron chi connectivity index (χ1n) is 7.71. The molecule has 0 amide bonds. The minimum Gasteiger partial charge on any atom is -0.467 e. The van der Waals surface area contributed by atoms with Crippen LogP contribution >= 0.6 is 0 Å². The predicted octanol–water partition coefficient (Wildman–Crippen LogP) is 3.24. The lowest BCUT2D eigenvalue weighted by atomic mass is 10.0. The van der Waals surface area contributed by atoms with Crippen molar-refractivity contribution >= 4 is 0 Å². The van der Waals surface area contributed by atoms with Gasteiger partial charge in [0.25, 0.3) is 0 Å². The molecule has 1 aromatic carbocycles. The van der Waals surface area contributed by atoms with Gasteiger partial charge in [0.1, 0.15) is 11.9 Å². The van der Waals surface area contributed by atoms with Crippen molar-refractivity contribution in [2.24, 2.45) is 0 Å². The van der Waals surface area contributed by atoms with Gasteiger partial charge in [0.2, 0.25) is 0 Å². The van der Waals surface area contributed by atoms with E-state index in [2.05, 4.69) is 11.0 Å². The summed E-state index contributed by atoms with van der Waals surface area (Å²) >= 11 is 0. The summed E-state index contributed by atoms with van der Waals surface area (Å²) in [6.07, 6.45) is 3.90. The van der Waals surface area contributed by atoms with Crippen LogP contribution in [-0.4, -0.2) is 22.6 Å². The Morgan fingerprint density at radius 3 is 2.95 bits per heavy atom. The molecule has 0 radical (unpaired) electrons. The van der Waals surface area contributed by atoms with E-state index >= 15 is 0 Å². The van der Waals surface area contributed by atoms with Crippen LogP contribution in [0.3, 0.4) is 0 Å². The molecule has 3 rings (SSSR count). The van der Waals surface area contributed by atoms with Gasteiger partial charge in [-0.05, 0) is 49.6 Å². The van der Waals surface area contributed by atoms with E-state index in [1.165, 1.54) is 0 Å². The van der Waals surface area contributed by atoms with Crippen molar-refractivity contribution < 1.29 is 9.52 Å². The van der Waals surface area contributed by atoms with Crippen molar-refractivity contribution in [2.45, 2.75) is 38.0 Å². The molecule has 4 nitrogen and oxygen atoms in total. The van der Waals surface area contributed by atoms with E-state index < -0.39 is 6.10 Å². The van der Waals surface area contributed by atoms with Gasteiger partial charge < -0.3 is 9.52 Å². The summed E-state index contributed by atoms with van der Waals surface area (Å²) in [6.45, 7) is 1.77. The molecule has 1 saturated heterocycles. The maximum atomic E-state index is 10.3. The SMILES string of the molecule is N#Cc1ccccc1CN1CCCC1CC(O)c1ccco1. The highest BCUT2D eigenvalue weighted by molar-refractivity contribution is 5.37. The van der Waals surface area contributed by atoms with Gasteiger partial charge in [0, 0.05) is 12.6 Å². The monoisotopic (exact) mass is 296 g/mol. The van der Waals surface area contributed by atoms with Crippen LogP contribution in [0.5, 0.6) is 0 Å². The Kier molecular flexibility index (Phi) is 4.57. The van der Waals surface area contributed by atoms with E-state index in [-0.39, 0.29) is 0 Å². The van der Waals surface area contributed by atoms with E-state index in [1.807, 2.05) is 30.3 Å². The van der Waals surface area contributed by atoms with Gasteiger partial charge >= 0.3 is 0 Å². The smallest absolute Gasteiger partial charge is 0.132 e. The van der Waals surface area contributed by atoms with E-state index in [1.54, 1.807) is 12.3 Å². The number of aliphatic hydroxyl groups excluding tert-OH is 1. The minimum absolute atomic E-state index is 0.326. The number of aliphatic hydroxyl groups is 1. The van der Waals surface area contributed by atoms with Gasteiger partial charge in [-0.2, -0.15) is 5.26 Å². The first kappa shape index (κ1) is 14.8. The van der Waals surface area contributed by atoms with Crippen molar-refractivity contribution in [3.8, 4) is 6.07 Å². The van der Waals surface area contributed by atoms with Crippen LogP contribution in [0.4, 0.5) is 0 Å². The summed E-state index contributed by atoms with van der Waals surface area (Å²) in [5.74, 6) is 0.629. The van der Waals surface area contributed by atoms with Gasteiger partial charge in [-0.1, -0.05) is 18.2 Å². The quantitative estimate of drug-likeness (QED) is 0.920. The minimum atomic E-state index is -0.563. The summed E-state index contributed by atoms with van der Waals surface area (Å²) in [7, 11) is 0. The second-order valence-corrected chi connectivity index (χ2v) is 5.80. The van der Waals surface area contributed by atoms with E-state index in [0.717, 1.165) is 37.1 Å². The van der Waals surface area contributed by atoms with E-state index in [4.69, 9.17) is 4.42 Å². The molecule has 0 bridgehead atoms. The standard InChI is InChI=1S/C18H20N2O2/c19-12-14-5-1-2-6-15(14)13-20-9-3-7-16(20)11-17(21)18-8-4-10-22-18/h1-2,4-6,8,10,16-17,21H,3,7,9,11,13H2. The normalized spacial score (nSPS) is 19.9. The molecule has 2 heterocycles. The molecule has 0 aliphatic carbocycles. The van der Waals surface area contributed by atoms with Crippen molar-refractivity contribution in [3.05, 3.63) is 59.5 Å². The maximum absolute atomic E-state index is 10.3. The summed E-state index contributed by atoms with van der Waals surface area (Å²) < 4.78 is 5.28. The Hall–Kier alpha value is -2.09. The van der Waals surface area contributed by atoms with Crippen LogP contribution < -0.4 is 0 Å². The van der Waals surface area contributed by atoms with Crippen LogP contribution in [0, 0.1) is 11.3 Å². The number of benzene rings is 1. The molecule has 2 aromatic rings. The molecule has 1 fully saturated rings. The molecular weight excluding hydrogens is 276 g/mol. The van der Waals surface area contributed by atoms with Crippen LogP contribution in [0.1, 0.15) is 42.3 Å². The number of hydrogen-bond donors (Lipinski definition) is 1. The van der Waals surface area contributed by atoms with Gasteiger partial charge in [-0.3, -0.25) is 4.90 Å². The molecule has 114 valence electrons. The molecule has 2 unspecified atom stereocenters. The fourth-order valence-electron chi connectivity index (χ4n) is 3.21. The van der Waals surface area contributed by atoms with Gasteiger partial charge in [0.05, 0.1) is 17.9 Å². The molecule has 1 aliphatic rings. The third kappa shape index (κ3) is 3.22. The number of rotatable bonds is 5. The van der Waals surface area contributed by atoms with E-state index in [0.29, 0.717) is 18.2 Å². The summed E-state index contributed by atoms with van der Waals surface area (Å²) in [5.41, 5.74) is 1.80. The average Bonchev–Trinajstić information content (AvgIpc) is 3.20. The zero-order valence-electron chi connectivity index (χ0n) is 12.5. The third-order valence-electron chi connectivity index (χ3n) is 4.38. The van der Waals surface area contributed by atoms with E-state index in [9.17, 15) is 10.4 Å². The molecule has 1 aromatic heterocycles. The zero-order chi connectivity index (χ0) is 15.4. The third-order valence-corrected chi connectivity index (χ3v) is 4.38. The van der Waals surface area contributed by atoms with Gasteiger partial charge in [-0.15, -0.1) is 0 Å². The zero-order valence-corrected chi connectivity index (χ0v) is 12.5. The summed E-state index contributed by atoms with van der Waals surface area (Å²) in [6, 6.07) is 13.9. The predicted molar refractivity (Wildman–Crippen MR) is 82.9 cm³/mol.